The predicted molar refractivity (Wildman–Crippen MR) is 83.0 cm³/mol. The molecule has 2 nitrogen and oxygen atoms in total. The van der Waals surface area contributed by atoms with Gasteiger partial charge in [0.1, 0.15) is 0 Å². The topological polar surface area (TPSA) is 37.3 Å². The smallest absolute Gasteiger partial charge is 0.167 e. The lowest BCUT2D eigenvalue weighted by molar-refractivity contribution is -0.151. The van der Waals surface area contributed by atoms with E-state index in [4.69, 9.17) is 0 Å². The fraction of sp³-hybridized carbons (Fsp3) is 0.947. The van der Waals surface area contributed by atoms with Crippen LogP contribution in [0.1, 0.15) is 65.2 Å². The van der Waals surface area contributed by atoms with Crippen molar-refractivity contribution in [1.82, 2.24) is 0 Å². The standard InChI is InChI=1S/C19H29FO2/c1-18-8-7-14-12(13(18)5-6-17(18)22)4-3-11-9-16(21)15(20)10-19(11,14)2/h11-15,17,22H,3-10H2,1-2H3/t11-,12+,13+,14+,15+,17+,18+,19+/m1/s1. The molecule has 4 rings (SSSR count). The quantitative estimate of drug-likeness (QED) is 0.737. The number of fused-ring (bicyclic) bond motifs is 5. The maximum absolute atomic E-state index is 14.2. The highest BCUT2D eigenvalue weighted by Crippen LogP contribution is 2.66. The number of rotatable bonds is 0. The van der Waals surface area contributed by atoms with Crippen LogP contribution in [0.25, 0.3) is 0 Å². The van der Waals surface area contributed by atoms with E-state index in [1.165, 1.54) is 6.42 Å². The molecule has 22 heavy (non-hydrogen) atoms. The molecule has 0 radical (unpaired) electrons. The van der Waals surface area contributed by atoms with Crippen molar-refractivity contribution in [3.05, 3.63) is 0 Å². The molecule has 0 bridgehead atoms. The second-order valence-electron chi connectivity index (χ2n) is 9.14. The van der Waals surface area contributed by atoms with Crippen molar-refractivity contribution in [3.63, 3.8) is 0 Å². The summed E-state index contributed by atoms with van der Waals surface area (Å²) < 4.78 is 14.2. The van der Waals surface area contributed by atoms with Gasteiger partial charge < -0.3 is 5.11 Å². The summed E-state index contributed by atoms with van der Waals surface area (Å²) in [5.41, 5.74) is 0.0923. The van der Waals surface area contributed by atoms with Crippen LogP contribution >= 0.6 is 0 Å². The molecular weight excluding hydrogens is 279 g/mol. The van der Waals surface area contributed by atoms with Crippen molar-refractivity contribution in [2.45, 2.75) is 77.5 Å². The third-order valence-electron chi connectivity index (χ3n) is 8.43. The summed E-state index contributed by atoms with van der Waals surface area (Å²) in [5.74, 6) is 2.04. The molecule has 3 heteroatoms. The van der Waals surface area contributed by atoms with Crippen molar-refractivity contribution in [2.75, 3.05) is 0 Å². The Morgan fingerprint density at radius 3 is 2.55 bits per heavy atom. The number of aliphatic hydroxyl groups excluding tert-OH is 1. The van der Waals surface area contributed by atoms with E-state index in [1.54, 1.807) is 0 Å². The van der Waals surface area contributed by atoms with Crippen molar-refractivity contribution in [3.8, 4) is 0 Å². The molecule has 8 atom stereocenters. The Morgan fingerprint density at radius 2 is 1.77 bits per heavy atom. The number of aliphatic hydroxyl groups is 1. The van der Waals surface area contributed by atoms with Gasteiger partial charge in [-0.3, -0.25) is 4.79 Å². The molecule has 4 aliphatic carbocycles. The van der Waals surface area contributed by atoms with E-state index in [2.05, 4.69) is 13.8 Å². The third-order valence-corrected chi connectivity index (χ3v) is 8.43. The summed E-state index contributed by atoms with van der Waals surface area (Å²) in [6.45, 7) is 4.55. The van der Waals surface area contributed by atoms with Crippen LogP contribution in [0.5, 0.6) is 0 Å². The highest BCUT2D eigenvalue weighted by molar-refractivity contribution is 5.84. The Hall–Kier alpha value is -0.440. The normalized spacial score (nSPS) is 57.9. The van der Waals surface area contributed by atoms with Gasteiger partial charge in [-0.25, -0.2) is 4.39 Å². The number of halogens is 1. The van der Waals surface area contributed by atoms with Crippen LogP contribution in [0.4, 0.5) is 4.39 Å². The van der Waals surface area contributed by atoms with Gasteiger partial charge in [-0.1, -0.05) is 13.8 Å². The molecule has 0 aromatic rings. The van der Waals surface area contributed by atoms with Gasteiger partial charge in [0, 0.05) is 6.42 Å². The summed E-state index contributed by atoms with van der Waals surface area (Å²) in [5, 5.41) is 10.4. The summed E-state index contributed by atoms with van der Waals surface area (Å²) in [6.07, 6.45) is 6.06. The first-order valence-corrected chi connectivity index (χ1v) is 9.21. The van der Waals surface area contributed by atoms with E-state index < -0.39 is 6.17 Å². The molecule has 0 heterocycles. The van der Waals surface area contributed by atoms with E-state index in [1.807, 2.05) is 0 Å². The number of hydrogen-bond acceptors (Lipinski definition) is 2. The van der Waals surface area contributed by atoms with Crippen molar-refractivity contribution < 1.29 is 14.3 Å². The van der Waals surface area contributed by atoms with Gasteiger partial charge in [0.25, 0.3) is 0 Å². The molecule has 4 fully saturated rings. The SMILES string of the molecule is C[C@]12C[C@H](F)C(=O)C[C@H]1CC[C@@H]1[C@@H]2CC[C@]2(C)[C@@H](O)CC[C@@H]12. The van der Waals surface area contributed by atoms with Crippen LogP contribution in [0.3, 0.4) is 0 Å². The largest absolute Gasteiger partial charge is 0.393 e. The minimum absolute atomic E-state index is 0.00508. The highest BCUT2D eigenvalue weighted by atomic mass is 19.1. The van der Waals surface area contributed by atoms with Crippen molar-refractivity contribution in [2.24, 2.45) is 34.5 Å². The molecular formula is C19H29FO2. The van der Waals surface area contributed by atoms with Gasteiger partial charge in [-0.2, -0.15) is 0 Å². The Balaban J connectivity index is 1.65. The summed E-state index contributed by atoms with van der Waals surface area (Å²) >= 11 is 0. The van der Waals surface area contributed by atoms with Gasteiger partial charge in [0.2, 0.25) is 0 Å². The summed E-state index contributed by atoms with van der Waals surface area (Å²) in [6, 6.07) is 0. The zero-order valence-electron chi connectivity index (χ0n) is 13.9. The lowest BCUT2D eigenvalue weighted by atomic mass is 9.45. The first-order valence-electron chi connectivity index (χ1n) is 9.21. The van der Waals surface area contributed by atoms with Gasteiger partial charge in [0.15, 0.2) is 12.0 Å². The first kappa shape index (κ1) is 15.1. The molecule has 0 aromatic carbocycles. The molecule has 4 saturated carbocycles. The third kappa shape index (κ3) is 1.84. The van der Waals surface area contributed by atoms with E-state index >= 15 is 0 Å². The Labute approximate surface area is 132 Å². The van der Waals surface area contributed by atoms with E-state index in [0.717, 1.165) is 32.1 Å². The number of carbonyl (C=O) groups excluding carboxylic acids is 1. The van der Waals surface area contributed by atoms with Gasteiger partial charge in [0.05, 0.1) is 6.10 Å². The lowest BCUT2D eigenvalue weighted by Gasteiger charge is -2.60. The van der Waals surface area contributed by atoms with E-state index in [0.29, 0.717) is 36.5 Å². The van der Waals surface area contributed by atoms with Gasteiger partial charge >= 0.3 is 0 Å². The number of carbonyl (C=O) groups is 1. The lowest BCUT2D eigenvalue weighted by Crippen LogP contribution is -2.55. The molecule has 0 saturated heterocycles. The fourth-order valence-electron chi connectivity index (χ4n) is 7.03. The van der Waals surface area contributed by atoms with Crippen LogP contribution < -0.4 is 0 Å². The average molecular weight is 308 g/mol. The molecule has 1 N–H and O–H groups in total. The Bertz CT molecular complexity index is 492. The average Bonchev–Trinajstić information content (AvgIpc) is 2.77. The zero-order valence-corrected chi connectivity index (χ0v) is 13.9. The maximum Gasteiger partial charge on any atom is 0.167 e. The Kier molecular flexibility index (Phi) is 3.28. The van der Waals surface area contributed by atoms with Crippen LogP contribution in [-0.2, 0) is 4.79 Å². The molecule has 0 unspecified atom stereocenters. The molecule has 0 spiro atoms. The molecule has 4 aliphatic rings. The molecule has 124 valence electrons. The molecule has 0 aliphatic heterocycles. The summed E-state index contributed by atoms with van der Waals surface area (Å²) in [7, 11) is 0. The van der Waals surface area contributed by atoms with Crippen LogP contribution in [0, 0.1) is 34.5 Å². The van der Waals surface area contributed by atoms with Crippen LogP contribution in [0.15, 0.2) is 0 Å². The first-order chi connectivity index (χ1) is 10.4. The van der Waals surface area contributed by atoms with Crippen LogP contribution in [-0.4, -0.2) is 23.2 Å². The van der Waals surface area contributed by atoms with Crippen molar-refractivity contribution in [1.29, 1.82) is 0 Å². The monoisotopic (exact) mass is 308 g/mol. The minimum atomic E-state index is -1.23. The number of ketones is 1. The second-order valence-corrected chi connectivity index (χ2v) is 9.14. The molecule has 0 amide bonds. The summed E-state index contributed by atoms with van der Waals surface area (Å²) in [4.78, 5) is 11.8. The zero-order chi connectivity index (χ0) is 15.7. The molecule has 0 aromatic heterocycles. The number of hydrogen-bond donors (Lipinski definition) is 1. The highest BCUT2D eigenvalue weighted by Gasteiger charge is 2.61. The number of alkyl halides is 1. The Morgan fingerprint density at radius 1 is 1.05 bits per heavy atom. The second kappa shape index (κ2) is 4.78. The van der Waals surface area contributed by atoms with E-state index in [-0.39, 0.29) is 22.7 Å². The fourth-order valence-corrected chi connectivity index (χ4v) is 7.03. The predicted octanol–water partition coefficient (Wildman–Crippen LogP) is 3.91. The maximum atomic E-state index is 14.2. The minimum Gasteiger partial charge on any atom is -0.393 e. The number of Topliss-reactive ketones (excluding diaryl/α,β-unsaturated/α-hetero) is 1. The van der Waals surface area contributed by atoms with E-state index in [9.17, 15) is 14.3 Å². The van der Waals surface area contributed by atoms with Gasteiger partial charge in [-0.15, -0.1) is 0 Å². The van der Waals surface area contributed by atoms with Crippen molar-refractivity contribution >= 4 is 5.78 Å². The van der Waals surface area contributed by atoms with Crippen LogP contribution in [0.2, 0.25) is 0 Å². The van der Waals surface area contributed by atoms with Gasteiger partial charge in [-0.05, 0) is 79.4 Å².